The molecule has 2 heteroatoms. The van der Waals surface area contributed by atoms with Crippen LogP contribution in [0.4, 0.5) is 0 Å². The van der Waals surface area contributed by atoms with Crippen molar-refractivity contribution in [1.82, 2.24) is 0 Å². The highest BCUT2D eigenvalue weighted by molar-refractivity contribution is 5.96. The second-order valence-corrected chi connectivity index (χ2v) is 10.5. The van der Waals surface area contributed by atoms with Crippen LogP contribution in [0.1, 0.15) is 75.8 Å². The van der Waals surface area contributed by atoms with Crippen LogP contribution in [-0.2, 0) is 0 Å². The second-order valence-electron chi connectivity index (χ2n) is 10.5. The first-order valence-electron chi connectivity index (χ1n) is 14.1. The molecule has 2 aliphatic heterocycles. The van der Waals surface area contributed by atoms with Gasteiger partial charge in [-0.15, -0.1) is 0 Å². The number of unbranched alkanes of at least 4 members (excludes halogenated alkanes) is 7. The van der Waals surface area contributed by atoms with Gasteiger partial charge in [0, 0.05) is 22.8 Å². The predicted molar refractivity (Wildman–Crippen MR) is 156 cm³/mol. The van der Waals surface area contributed by atoms with E-state index in [0.717, 1.165) is 29.9 Å². The van der Waals surface area contributed by atoms with Crippen molar-refractivity contribution in [2.24, 2.45) is 0 Å². The van der Waals surface area contributed by atoms with Gasteiger partial charge in [0.05, 0.1) is 0 Å². The molecule has 2 nitrogen and oxygen atoms in total. The molecule has 0 fully saturated rings. The highest BCUT2D eigenvalue weighted by Gasteiger charge is 2.42. The van der Waals surface area contributed by atoms with Crippen LogP contribution in [0.2, 0.25) is 0 Å². The molecular weight excluding hydrogens is 452 g/mol. The van der Waals surface area contributed by atoms with E-state index >= 15 is 0 Å². The zero-order valence-electron chi connectivity index (χ0n) is 21.8. The number of rotatable bonds is 9. The number of fused-ring (bicyclic) bond motifs is 6. The Labute approximate surface area is 220 Å². The lowest BCUT2D eigenvalue weighted by molar-refractivity contribution is -0.0436. The van der Waals surface area contributed by atoms with Gasteiger partial charge in [0.15, 0.2) is 0 Å². The summed E-state index contributed by atoms with van der Waals surface area (Å²) in [5, 5.41) is 4.90. The monoisotopic (exact) mass is 488 g/mol. The molecule has 0 bridgehead atoms. The van der Waals surface area contributed by atoms with Crippen molar-refractivity contribution in [3.63, 3.8) is 0 Å². The number of ether oxygens (including phenoxy) is 2. The molecule has 0 aliphatic carbocycles. The van der Waals surface area contributed by atoms with Gasteiger partial charge >= 0.3 is 0 Å². The summed E-state index contributed by atoms with van der Waals surface area (Å²) in [6.45, 7) is 2.28. The van der Waals surface area contributed by atoms with Crippen LogP contribution in [0.15, 0.2) is 84.4 Å². The van der Waals surface area contributed by atoms with Gasteiger partial charge in [0.25, 0.3) is 5.79 Å². The highest BCUT2D eigenvalue weighted by atomic mass is 16.7. The van der Waals surface area contributed by atoms with E-state index < -0.39 is 5.79 Å². The molecule has 0 saturated heterocycles. The normalized spacial score (nSPS) is 17.8. The molecule has 2 aliphatic rings. The lowest BCUT2D eigenvalue weighted by Crippen LogP contribution is -2.45. The first-order chi connectivity index (χ1) is 18.3. The molecule has 37 heavy (non-hydrogen) atoms. The van der Waals surface area contributed by atoms with Gasteiger partial charge in [-0.3, -0.25) is 0 Å². The van der Waals surface area contributed by atoms with E-state index in [4.69, 9.17) is 9.47 Å². The van der Waals surface area contributed by atoms with Crippen LogP contribution in [0, 0.1) is 0 Å². The summed E-state index contributed by atoms with van der Waals surface area (Å²) in [4.78, 5) is 0. The fraction of sp³-hybridized carbons (Fsp3) is 0.314. The Morgan fingerprint density at radius 1 is 0.595 bits per heavy atom. The zero-order valence-corrected chi connectivity index (χ0v) is 21.8. The first kappa shape index (κ1) is 23.9. The van der Waals surface area contributed by atoms with E-state index in [1.165, 1.54) is 77.6 Å². The highest BCUT2D eigenvalue weighted by Crippen LogP contribution is 2.46. The van der Waals surface area contributed by atoms with E-state index in [-0.39, 0.29) is 0 Å². The van der Waals surface area contributed by atoms with Crippen LogP contribution in [-0.4, -0.2) is 5.79 Å². The van der Waals surface area contributed by atoms with Crippen molar-refractivity contribution >= 4 is 33.7 Å². The van der Waals surface area contributed by atoms with E-state index in [9.17, 15) is 0 Å². The summed E-state index contributed by atoms with van der Waals surface area (Å²) < 4.78 is 13.6. The summed E-state index contributed by atoms with van der Waals surface area (Å²) in [6, 6.07) is 25.5. The Bertz CT molecular complexity index is 1470. The molecule has 2 heterocycles. The maximum Gasteiger partial charge on any atom is 0.294 e. The van der Waals surface area contributed by atoms with Gasteiger partial charge < -0.3 is 9.47 Å². The van der Waals surface area contributed by atoms with Gasteiger partial charge in [0.2, 0.25) is 0 Å². The van der Waals surface area contributed by atoms with Gasteiger partial charge in [-0.2, -0.15) is 0 Å². The van der Waals surface area contributed by atoms with Crippen molar-refractivity contribution in [2.45, 2.75) is 70.5 Å². The Hall–Kier alpha value is -3.52. The summed E-state index contributed by atoms with van der Waals surface area (Å²) in [5.41, 5.74) is 3.50. The van der Waals surface area contributed by atoms with Crippen molar-refractivity contribution in [3.05, 3.63) is 95.6 Å². The van der Waals surface area contributed by atoms with Crippen molar-refractivity contribution in [1.29, 1.82) is 0 Å². The van der Waals surface area contributed by atoms with E-state index in [1.54, 1.807) is 0 Å². The van der Waals surface area contributed by atoms with Crippen molar-refractivity contribution < 1.29 is 9.47 Å². The summed E-state index contributed by atoms with van der Waals surface area (Å²) in [7, 11) is 0. The fourth-order valence-electron chi connectivity index (χ4n) is 5.87. The van der Waals surface area contributed by atoms with Crippen LogP contribution >= 0.6 is 0 Å². The third-order valence-corrected chi connectivity index (χ3v) is 7.92. The molecule has 1 unspecified atom stereocenters. The molecule has 1 spiro atoms. The topological polar surface area (TPSA) is 18.5 Å². The number of hydrogen-bond acceptors (Lipinski definition) is 2. The van der Waals surface area contributed by atoms with Crippen molar-refractivity contribution in [2.75, 3.05) is 0 Å². The molecule has 0 saturated carbocycles. The average Bonchev–Trinajstić information content (AvgIpc) is 2.94. The molecule has 4 aromatic carbocycles. The second kappa shape index (κ2) is 10.5. The van der Waals surface area contributed by atoms with Crippen LogP contribution in [0.25, 0.3) is 33.7 Å². The molecule has 188 valence electrons. The lowest BCUT2D eigenvalue weighted by Gasteiger charge is -2.40. The van der Waals surface area contributed by atoms with Gasteiger partial charge in [-0.1, -0.05) is 113 Å². The minimum Gasteiger partial charge on any atom is -0.444 e. The molecule has 1 atom stereocenters. The zero-order chi connectivity index (χ0) is 25.1. The van der Waals surface area contributed by atoms with E-state index in [2.05, 4.69) is 97.9 Å². The summed E-state index contributed by atoms with van der Waals surface area (Å²) in [5.74, 6) is 0.867. The van der Waals surface area contributed by atoms with Gasteiger partial charge in [0.1, 0.15) is 11.5 Å². The molecule has 4 aromatic rings. The Morgan fingerprint density at radius 3 is 1.84 bits per heavy atom. The standard InChI is InChI=1S/C35H36O2/c1-2-3-4-5-6-7-8-9-16-28-25-32-30-18-13-11-15-27(30)20-22-34(32)37-35(28)24-23-31-29-17-12-10-14-26(29)19-21-33(31)36-35/h10-15,17-25H,2-9,16H2,1H3. The molecule has 0 aromatic heterocycles. The third-order valence-electron chi connectivity index (χ3n) is 7.92. The van der Waals surface area contributed by atoms with E-state index in [0.29, 0.717) is 0 Å². The lowest BCUT2D eigenvalue weighted by atomic mass is 9.89. The Morgan fingerprint density at radius 2 is 1.16 bits per heavy atom. The van der Waals surface area contributed by atoms with Crippen LogP contribution < -0.4 is 9.47 Å². The largest absolute Gasteiger partial charge is 0.444 e. The van der Waals surface area contributed by atoms with Gasteiger partial charge in [-0.05, 0) is 58.7 Å². The Balaban J connectivity index is 1.31. The summed E-state index contributed by atoms with van der Waals surface area (Å²) >= 11 is 0. The molecular formula is C35H36O2. The summed E-state index contributed by atoms with van der Waals surface area (Å²) in [6.07, 6.45) is 18.1. The van der Waals surface area contributed by atoms with E-state index in [1.807, 2.05) is 0 Å². The molecule has 6 rings (SSSR count). The average molecular weight is 489 g/mol. The van der Waals surface area contributed by atoms with Crippen LogP contribution in [0.3, 0.4) is 0 Å². The Kier molecular flexibility index (Phi) is 6.74. The maximum absolute atomic E-state index is 6.80. The molecule has 0 radical (unpaired) electrons. The minimum absolute atomic E-state index is 0.882. The maximum atomic E-state index is 6.80. The minimum atomic E-state index is -0.897. The first-order valence-corrected chi connectivity index (χ1v) is 14.1. The number of benzene rings is 4. The molecule has 0 N–H and O–H groups in total. The molecule has 0 amide bonds. The number of hydrogen-bond donors (Lipinski definition) is 0. The fourth-order valence-corrected chi connectivity index (χ4v) is 5.87. The SMILES string of the molecule is CCCCCCCCCCC1=Cc2c(ccc3ccccc23)OC12C=Cc1c(ccc3ccccc13)O2. The quantitative estimate of drug-likeness (QED) is 0.218. The van der Waals surface area contributed by atoms with Gasteiger partial charge in [-0.25, -0.2) is 0 Å². The van der Waals surface area contributed by atoms with Crippen molar-refractivity contribution in [3.8, 4) is 11.5 Å². The third kappa shape index (κ3) is 4.66. The van der Waals surface area contributed by atoms with Crippen LogP contribution in [0.5, 0.6) is 11.5 Å². The smallest absolute Gasteiger partial charge is 0.294 e. The predicted octanol–water partition coefficient (Wildman–Crippen LogP) is 10.1.